The minimum Gasteiger partial charge on any atom is -0.481 e. The van der Waals surface area contributed by atoms with Crippen molar-refractivity contribution < 1.29 is 57.8 Å². The summed E-state index contributed by atoms with van der Waals surface area (Å²) in [5, 5.41) is 28.5. The highest BCUT2D eigenvalue weighted by molar-refractivity contribution is 5.98. The number of carbonyl (C=O) groups excluding carboxylic acids is 9. The second-order valence-electron chi connectivity index (χ2n) is 21.9. The Morgan fingerprint density at radius 1 is 0.548 bits per heavy atom. The van der Waals surface area contributed by atoms with Gasteiger partial charge in [0.2, 0.25) is 47.3 Å². The number of aliphatic carboxylic acids is 1. The van der Waals surface area contributed by atoms with E-state index < -0.39 is 132 Å². The molecule has 0 radical (unpaired) electrons. The van der Waals surface area contributed by atoms with Gasteiger partial charge in [0.05, 0.1) is 12.8 Å². The molecule has 73 heavy (non-hydrogen) atoms. The number of primary amides is 1. The minimum absolute atomic E-state index is 0.0458. The number of esters is 1. The number of carboxylic acids is 1. The number of amides is 8. The Bertz CT molecular complexity index is 1810. The first kappa shape index (κ1) is 65.7. The molecular formula is C53H94N8O12. The molecule has 0 aromatic carbocycles. The van der Waals surface area contributed by atoms with Crippen molar-refractivity contribution in [2.45, 2.75) is 241 Å². The van der Waals surface area contributed by atoms with Crippen molar-refractivity contribution in [3.8, 4) is 0 Å². The fourth-order valence-electron chi connectivity index (χ4n) is 8.51. The summed E-state index contributed by atoms with van der Waals surface area (Å²) < 4.78 is 6.08. The van der Waals surface area contributed by atoms with Gasteiger partial charge in [-0.25, -0.2) is 4.79 Å². The third kappa shape index (κ3) is 26.5. The highest BCUT2D eigenvalue weighted by Gasteiger charge is 2.38. The summed E-state index contributed by atoms with van der Waals surface area (Å²) in [6, 6.07) is -9.49. The second-order valence-corrected chi connectivity index (χ2v) is 21.9. The third-order valence-corrected chi connectivity index (χ3v) is 13.2. The van der Waals surface area contributed by atoms with Crippen LogP contribution >= 0.6 is 0 Å². The number of carboxylic acid groups (broad SMARTS) is 1. The summed E-state index contributed by atoms with van der Waals surface area (Å²) in [5.41, 5.74) is 5.50. The molecule has 10 unspecified atom stereocenters. The molecule has 0 saturated carbocycles. The van der Waals surface area contributed by atoms with Crippen molar-refractivity contribution in [3.63, 3.8) is 0 Å². The Labute approximate surface area is 434 Å². The van der Waals surface area contributed by atoms with Gasteiger partial charge in [-0.3, -0.25) is 43.2 Å². The summed E-state index contributed by atoms with van der Waals surface area (Å²) in [5.74, 6) is -9.74. The lowest BCUT2D eigenvalue weighted by atomic mass is 9.97. The Balaban J connectivity index is 3.97. The average molecular weight is 1040 g/mol. The number of nitrogens with one attached hydrogen (secondary N) is 7. The van der Waals surface area contributed by atoms with E-state index in [-0.39, 0.29) is 56.3 Å². The van der Waals surface area contributed by atoms with Crippen LogP contribution < -0.4 is 43.0 Å². The monoisotopic (exact) mass is 1030 g/mol. The molecule has 0 aliphatic carbocycles. The molecule has 1 aliphatic rings. The van der Waals surface area contributed by atoms with E-state index in [1.54, 1.807) is 34.6 Å². The number of unbranched alkanes of at least 4 members (excludes halogenated alkanes) is 5. The first-order valence-electron chi connectivity index (χ1n) is 27.0. The molecule has 8 amide bonds. The van der Waals surface area contributed by atoms with Gasteiger partial charge in [-0.1, -0.05) is 134 Å². The molecule has 1 heterocycles. The largest absolute Gasteiger partial charge is 0.481 e. The van der Waals surface area contributed by atoms with Gasteiger partial charge in [-0.2, -0.15) is 0 Å². The van der Waals surface area contributed by atoms with Crippen LogP contribution in [0.4, 0.5) is 0 Å². The van der Waals surface area contributed by atoms with E-state index in [9.17, 15) is 53.1 Å². The molecule has 1 fully saturated rings. The highest BCUT2D eigenvalue weighted by Crippen LogP contribution is 2.20. The fourth-order valence-corrected chi connectivity index (χ4v) is 8.51. The predicted molar refractivity (Wildman–Crippen MR) is 278 cm³/mol. The topological polar surface area (TPSA) is 310 Å². The molecule has 20 heteroatoms. The van der Waals surface area contributed by atoms with Gasteiger partial charge in [-0.15, -0.1) is 0 Å². The predicted octanol–water partition coefficient (Wildman–Crippen LogP) is 4.44. The maximum absolute atomic E-state index is 14.3. The molecule has 0 aromatic heterocycles. The first-order chi connectivity index (χ1) is 34.2. The van der Waals surface area contributed by atoms with Crippen LogP contribution in [0.5, 0.6) is 0 Å². The maximum Gasteiger partial charge on any atom is 0.329 e. The van der Waals surface area contributed by atoms with Crippen LogP contribution in [-0.4, -0.2) is 113 Å². The number of hydrogen-bond donors (Lipinski definition) is 9. The van der Waals surface area contributed by atoms with Crippen molar-refractivity contribution in [2.24, 2.45) is 41.2 Å². The van der Waals surface area contributed by atoms with Crippen molar-refractivity contribution in [1.82, 2.24) is 37.2 Å². The zero-order valence-electron chi connectivity index (χ0n) is 46.1. The Morgan fingerprint density at radius 2 is 0.986 bits per heavy atom. The molecule has 418 valence electrons. The average Bonchev–Trinajstić information content (AvgIpc) is 3.29. The highest BCUT2D eigenvalue weighted by atomic mass is 16.5. The lowest BCUT2D eigenvalue weighted by Gasteiger charge is -2.30. The van der Waals surface area contributed by atoms with E-state index in [0.717, 1.165) is 44.9 Å². The van der Waals surface area contributed by atoms with Crippen LogP contribution in [0.25, 0.3) is 0 Å². The van der Waals surface area contributed by atoms with Gasteiger partial charge in [0.1, 0.15) is 48.4 Å². The van der Waals surface area contributed by atoms with Crippen LogP contribution in [0, 0.1) is 35.5 Å². The summed E-state index contributed by atoms with van der Waals surface area (Å²) in [6.45, 7) is 22.0. The fraction of sp³-hybridized carbons (Fsp3) is 0.811. The van der Waals surface area contributed by atoms with Gasteiger partial charge < -0.3 is 52.8 Å². The van der Waals surface area contributed by atoms with Gasteiger partial charge in [0, 0.05) is 6.42 Å². The quantitative estimate of drug-likeness (QED) is 0.0479. The number of nitrogens with two attached hydrogens (primary N) is 1. The number of carbonyl (C=O) groups is 10. The Kier molecular flexibility index (Phi) is 30.8. The summed E-state index contributed by atoms with van der Waals surface area (Å²) >= 11 is 0. The third-order valence-electron chi connectivity index (χ3n) is 13.2. The van der Waals surface area contributed by atoms with Crippen LogP contribution in [0.15, 0.2) is 0 Å². The second kappa shape index (κ2) is 34.2. The first-order valence-corrected chi connectivity index (χ1v) is 27.0. The van der Waals surface area contributed by atoms with Crippen LogP contribution in [-0.2, 0) is 52.7 Å². The van der Waals surface area contributed by atoms with E-state index in [1.165, 1.54) is 0 Å². The van der Waals surface area contributed by atoms with E-state index in [1.807, 2.05) is 34.6 Å². The molecule has 0 spiro atoms. The molecular weight excluding hydrogens is 941 g/mol. The van der Waals surface area contributed by atoms with Crippen LogP contribution in [0.3, 0.4) is 0 Å². The maximum atomic E-state index is 14.3. The Hall–Kier alpha value is -5.30. The lowest BCUT2D eigenvalue weighted by molar-refractivity contribution is -0.156. The molecule has 10 N–H and O–H groups in total. The van der Waals surface area contributed by atoms with Gasteiger partial charge >= 0.3 is 11.9 Å². The molecule has 1 aliphatic heterocycles. The summed E-state index contributed by atoms with van der Waals surface area (Å²) in [6.07, 6.45) is 5.82. The zero-order chi connectivity index (χ0) is 55.5. The molecule has 0 bridgehead atoms. The summed E-state index contributed by atoms with van der Waals surface area (Å²) in [7, 11) is 0. The van der Waals surface area contributed by atoms with Gasteiger partial charge in [0.25, 0.3) is 0 Å². The van der Waals surface area contributed by atoms with E-state index in [4.69, 9.17) is 10.5 Å². The molecule has 0 aromatic rings. The van der Waals surface area contributed by atoms with E-state index in [0.29, 0.717) is 18.8 Å². The van der Waals surface area contributed by atoms with Gasteiger partial charge in [0.15, 0.2) is 0 Å². The van der Waals surface area contributed by atoms with Crippen molar-refractivity contribution >= 4 is 59.2 Å². The molecule has 1 saturated heterocycles. The standard InChI is InChI=1S/C53H94N8O12/c1-13-34(11)21-19-17-15-16-18-20-22-36-28-43(63)55-37(23-24-42(54)62)47(66)56-38(25-30(3)4)48(67)57-39(26-31(5)6)50(69)60-45(33(9)10)52(71)59-41(29-44(64)65)49(68)58-40(27-32(7)8)51(70)61-46(35(12)14-2)53(72)73-36/h30-41,45-46H,13-29H2,1-12H3,(H2,54,62)(H,55,63)(H,56,66)(H,57,67)(H,58,68)(H,59,71)(H,60,69)(H,61,70)(H,64,65). The molecule has 1 rings (SSSR count). The number of ether oxygens (including phenoxy) is 1. The van der Waals surface area contributed by atoms with Crippen molar-refractivity contribution in [3.05, 3.63) is 0 Å². The zero-order valence-corrected chi connectivity index (χ0v) is 46.1. The number of rotatable bonds is 24. The van der Waals surface area contributed by atoms with E-state index >= 15 is 0 Å². The van der Waals surface area contributed by atoms with Crippen LogP contribution in [0.1, 0.15) is 192 Å². The van der Waals surface area contributed by atoms with Gasteiger partial charge in [-0.05, 0) is 74.0 Å². The smallest absolute Gasteiger partial charge is 0.329 e. The minimum atomic E-state index is -1.72. The summed E-state index contributed by atoms with van der Waals surface area (Å²) in [4.78, 5) is 137. The molecule has 20 nitrogen and oxygen atoms in total. The van der Waals surface area contributed by atoms with Crippen molar-refractivity contribution in [2.75, 3.05) is 0 Å². The SMILES string of the molecule is CCC(C)CCCCCCCCC1CC(=O)NC(CCC(N)=O)C(=O)NC(CC(C)C)C(=O)NC(CC(C)C)C(=O)NC(C(C)C)C(=O)NC(CC(=O)O)C(=O)NC(CC(C)C)C(=O)NC(C(C)CC)C(=O)O1. The normalized spacial score (nSPS) is 24.8. The lowest BCUT2D eigenvalue weighted by Crippen LogP contribution is -2.61. The Morgan fingerprint density at radius 3 is 1.44 bits per heavy atom. The number of hydrogen-bond acceptors (Lipinski definition) is 11. The molecule has 10 atom stereocenters. The number of cyclic esters (lactones) is 1. The van der Waals surface area contributed by atoms with Crippen LogP contribution in [0.2, 0.25) is 0 Å². The van der Waals surface area contributed by atoms with E-state index in [2.05, 4.69) is 51.1 Å². The van der Waals surface area contributed by atoms with Crippen molar-refractivity contribution in [1.29, 1.82) is 0 Å².